The van der Waals surface area contributed by atoms with Gasteiger partial charge in [-0.3, -0.25) is 0 Å². The van der Waals surface area contributed by atoms with E-state index in [1.165, 1.54) is 11.3 Å². The van der Waals surface area contributed by atoms with Gasteiger partial charge in [0, 0.05) is 23.5 Å². The molecule has 0 N–H and O–H groups in total. The molecule has 4 heteroatoms. The highest BCUT2D eigenvalue weighted by Gasteiger charge is 2.24. The Morgan fingerprint density at radius 1 is 0.923 bits per heavy atom. The van der Waals surface area contributed by atoms with Crippen molar-refractivity contribution in [3.05, 3.63) is 71.8 Å². The van der Waals surface area contributed by atoms with Crippen LogP contribution < -0.4 is 0 Å². The Balaban J connectivity index is 1.74. The maximum Gasteiger partial charge on any atom is 0.0688 e. The van der Waals surface area contributed by atoms with Gasteiger partial charge in [0.1, 0.15) is 0 Å². The Morgan fingerprint density at radius 2 is 1.73 bits per heavy atom. The topological polar surface area (TPSA) is 34.6 Å². The van der Waals surface area contributed by atoms with Crippen molar-refractivity contribution in [2.45, 2.75) is 51.9 Å². The average molecular weight is 346 g/mol. The summed E-state index contributed by atoms with van der Waals surface area (Å²) >= 11 is 0. The number of rotatable bonds is 3. The number of fused-ring (bicyclic) bond motifs is 2. The van der Waals surface area contributed by atoms with E-state index in [2.05, 4.69) is 80.6 Å². The van der Waals surface area contributed by atoms with Gasteiger partial charge < -0.3 is 0 Å². The van der Waals surface area contributed by atoms with Gasteiger partial charge >= 0.3 is 0 Å². The highest BCUT2D eigenvalue weighted by molar-refractivity contribution is 5.51. The van der Waals surface area contributed by atoms with Crippen molar-refractivity contribution < 1.29 is 0 Å². The maximum absolute atomic E-state index is 4.91. The first-order chi connectivity index (χ1) is 12.2. The monoisotopic (exact) mass is 346 g/mol. The van der Waals surface area contributed by atoms with Crippen LogP contribution >= 0.6 is 0 Å². The van der Waals surface area contributed by atoms with Crippen LogP contribution in [0.2, 0.25) is 0 Å². The molecule has 0 radical (unpaired) electrons. The molecule has 4 heterocycles. The minimum absolute atomic E-state index is 0.00580. The molecule has 0 saturated carbocycles. The van der Waals surface area contributed by atoms with Crippen molar-refractivity contribution in [3.63, 3.8) is 0 Å². The van der Waals surface area contributed by atoms with Gasteiger partial charge in [0.15, 0.2) is 0 Å². The van der Waals surface area contributed by atoms with Crippen LogP contribution in [-0.2, 0) is 17.3 Å². The fourth-order valence-corrected chi connectivity index (χ4v) is 3.47. The second-order valence-electron chi connectivity index (χ2n) is 8.81. The van der Waals surface area contributed by atoms with Gasteiger partial charge in [0.2, 0.25) is 0 Å². The summed E-state index contributed by atoms with van der Waals surface area (Å²) in [6, 6.07) is 15.1. The lowest BCUT2D eigenvalue weighted by Gasteiger charge is -2.26. The zero-order valence-electron chi connectivity index (χ0n) is 16.2. The van der Waals surface area contributed by atoms with E-state index in [9.17, 15) is 0 Å². The third-order valence-electron chi connectivity index (χ3n) is 5.14. The zero-order valence-corrected chi connectivity index (χ0v) is 16.2. The third-order valence-corrected chi connectivity index (χ3v) is 5.14. The van der Waals surface area contributed by atoms with E-state index in [0.29, 0.717) is 0 Å². The normalized spacial score (nSPS) is 13.0. The molecule has 0 fully saturated rings. The lowest BCUT2D eigenvalue weighted by atomic mass is 9.80. The summed E-state index contributed by atoms with van der Waals surface area (Å²) in [4.78, 5) is 0. The first kappa shape index (κ1) is 16.8. The molecule has 0 aliphatic carbocycles. The van der Waals surface area contributed by atoms with Crippen molar-refractivity contribution >= 4 is 11.0 Å². The summed E-state index contributed by atoms with van der Waals surface area (Å²) < 4.78 is 4.02. The molecule has 0 aliphatic rings. The highest BCUT2D eigenvalue weighted by Crippen LogP contribution is 2.30. The van der Waals surface area contributed by atoms with Crippen LogP contribution in [0.5, 0.6) is 0 Å². The fraction of sp³-hybridized carbons (Fsp3) is 0.364. The zero-order chi connectivity index (χ0) is 18.5. The second kappa shape index (κ2) is 5.70. The molecule has 0 bridgehead atoms. The molecule has 4 nitrogen and oxygen atoms in total. The van der Waals surface area contributed by atoms with Crippen molar-refractivity contribution in [2.75, 3.05) is 0 Å². The molecule has 0 atom stereocenters. The molecule has 4 rings (SSSR count). The van der Waals surface area contributed by atoms with E-state index in [4.69, 9.17) is 5.10 Å². The van der Waals surface area contributed by atoms with E-state index in [0.717, 1.165) is 23.1 Å². The van der Waals surface area contributed by atoms with Crippen LogP contribution in [0.1, 0.15) is 51.6 Å². The first-order valence-corrected chi connectivity index (χ1v) is 9.16. The first-order valence-electron chi connectivity index (χ1n) is 9.16. The highest BCUT2D eigenvalue weighted by atomic mass is 15.2. The Kier molecular flexibility index (Phi) is 3.69. The second-order valence-corrected chi connectivity index (χ2v) is 8.81. The number of hydrogen-bond acceptors (Lipinski definition) is 2. The van der Waals surface area contributed by atoms with Gasteiger partial charge in [-0.1, -0.05) is 40.7 Å². The molecule has 0 unspecified atom stereocenters. The molecule has 0 amide bonds. The Bertz CT molecular complexity index is 1080. The lowest BCUT2D eigenvalue weighted by Crippen LogP contribution is -2.22. The lowest BCUT2D eigenvalue weighted by molar-refractivity contribution is 0.504. The fourth-order valence-electron chi connectivity index (χ4n) is 3.47. The van der Waals surface area contributed by atoms with Crippen molar-refractivity contribution in [2.24, 2.45) is 0 Å². The summed E-state index contributed by atoms with van der Waals surface area (Å²) in [7, 11) is 0. The SMILES string of the molecule is CC(C)(C)c1cc2cccc(CC(C)(C)c3ccn4nccc4c3)n2n1. The van der Waals surface area contributed by atoms with Gasteiger partial charge in [0.05, 0.1) is 16.7 Å². The molecule has 0 spiro atoms. The molecule has 4 aromatic rings. The van der Waals surface area contributed by atoms with Crippen LogP contribution in [-0.4, -0.2) is 19.2 Å². The largest absolute Gasteiger partial charge is 0.241 e. The molecule has 0 saturated heterocycles. The van der Waals surface area contributed by atoms with Gasteiger partial charge in [-0.15, -0.1) is 0 Å². The van der Waals surface area contributed by atoms with E-state index in [1.807, 2.05) is 23.0 Å². The Morgan fingerprint density at radius 3 is 2.50 bits per heavy atom. The molecule has 4 aromatic heterocycles. The van der Waals surface area contributed by atoms with Gasteiger partial charge in [-0.25, -0.2) is 9.03 Å². The summed E-state index contributed by atoms with van der Waals surface area (Å²) in [6.45, 7) is 11.2. The molecule has 134 valence electrons. The van der Waals surface area contributed by atoms with Crippen molar-refractivity contribution in [3.8, 4) is 0 Å². The predicted octanol–water partition coefficient (Wildman–Crippen LogP) is 4.80. The number of aromatic nitrogens is 4. The molecular formula is C22H26N4. The average Bonchev–Trinajstić information content (AvgIpc) is 3.20. The standard InChI is InChI=1S/C22H26N4/c1-21(2,3)20-14-18-7-6-8-19(26(18)24-20)15-22(4,5)16-10-12-25-17(13-16)9-11-23-25/h6-14H,15H2,1-5H3. The Labute approximate surface area is 154 Å². The van der Waals surface area contributed by atoms with Crippen molar-refractivity contribution in [1.82, 2.24) is 19.2 Å². The summed E-state index contributed by atoms with van der Waals surface area (Å²) in [5, 5.41) is 9.20. The summed E-state index contributed by atoms with van der Waals surface area (Å²) in [6.07, 6.45) is 4.79. The van der Waals surface area contributed by atoms with E-state index >= 15 is 0 Å². The van der Waals surface area contributed by atoms with Crippen LogP contribution in [0.25, 0.3) is 11.0 Å². The van der Waals surface area contributed by atoms with E-state index in [-0.39, 0.29) is 10.8 Å². The smallest absolute Gasteiger partial charge is 0.0688 e. The van der Waals surface area contributed by atoms with Crippen LogP contribution in [0.15, 0.2) is 54.9 Å². The van der Waals surface area contributed by atoms with E-state index < -0.39 is 0 Å². The maximum atomic E-state index is 4.91. The third kappa shape index (κ3) is 2.90. The van der Waals surface area contributed by atoms with Crippen LogP contribution in [0.3, 0.4) is 0 Å². The number of hydrogen-bond donors (Lipinski definition) is 0. The minimum atomic E-state index is -0.00580. The minimum Gasteiger partial charge on any atom is -0.241 e. The molecular weight excluding hydrogens is 320 g/mol. The number of nitrogens with zero attached hydrogens (tertiary/aromatic N) is 4. The predicted molar refractivity (Wildman–Crippen MR) is 106 cm³/mol. The quantitative estimate of drug-likeness (QED) is 0.534. The Hall–Kier alpha value is -2.62. The van der Waals surface area contributed by atoms with Gasteiger partial charge in [-0.2, -0.15) is 10.2 Å². The van der Waals surface area contributed by atoms with Gasteiger partial charge in [-0.05, 0) is 53.8 Å². The molecule has 26 heavy (non-hydrogen) atoms. The molecule has 0 aliphatic heterocycles. The number of pyridine rings is 2. The van der Waals surface area contributed by atoms with Crippen molar-refractivity contribution in [1.29, 1.82) is 0 Å². The van der Waals surface area contributed by atoms with Crippen LogP contribution in [0.4, 0.5) is 0 Å². The summed E-state index contributed by atoms with van der Waals surface area (Å²) in [5.74, 6) is 0. The van der Waals surface area contributed by atoms with Gasteiger partial charge in [0.25, 0.3) is 0 Å². The van der Waals surface area contributed by atoms with E-state index in [1.54, 1.807) is 0 Å². The summed E-state index contributed by atoms with van der Waals surface area (Å²) in [5.41, 5.74) is 6.00. The molecule has 0 aromatic carbocycles. The van der Waals surface area contributed by atoms with Crippen LogP contribution in [0, 0.1) is 0 Å².